The molecule has 0 aromatic rings. The Morgan fingerprint density at radius 3 is 1.94 bits per heavy atom. The van der Waals surface area contributed by atoms with Gasteiger partial charge in [0.05, 0.1) is 0 Å². The van der Waals surface area contributed by atoms with Gasteiger partial charge < -0.3 is 0 Å². The molecule has 0 rings (SSSR count). The van der Waals surface area contributed by atoms with E-state index >= 15 is 0 Å². The highest BCUT2D eigenvalue weighted by Gasteiger charge is 2.18. The average Bonchev–Trinajstić information content (AvgIpc) is 2.26. The molecule has 1 nitrogen and oxygen atoms in total. The lowest BCUT2D eigenvalue weighted by atomic mass is 10.1. The minimum Gasteiger partial charge on any atom is -0.169 e. The summed E-state index contributed by atoms with van der Waals surface area (Å²) >= 11 is 2.19. The highest BCUT2D eigenvalue weighted by molar-refractivity contribution is 8.48. The molecule has 0 aliphatic rings. The molecule has 0 aromatic carbocycles. The maximum Gasteiger partial charge on any atom is 0.117 e. The lowest BCUT2D eigenvalue weighted by Gasteiger charge is -2.23. The number of rotatable bonds is 11. The first-order valence-corrected chi connectivity index (χ1v) is 10.3. The van der Waals surface area contributed by atoms with Crippen LogP contribution in [0.1, 0.15) is 73.1 Å². The molecular formula is C14H33NPS+. The molecule has 17 heavy (non-hydrogen) atoms. The largest absolute Gasteiger partial charge is 0.169 e. The molecule has 104 valence electrons. The third kappa shape index (κ3) is 10.4. The standard InChI is InChI=1S/C14H32NPS/c1-6-7-8-9-10-11-12-17-16-15(13(2)3)14(4)5/h13-14,16H,6-12H2,1-5H3/p+1. The van der Waals surface area contributed by atoms with Crippen LogP contribution in [0, 0.1) is 0 Å². The summed E-state index contributed by atoms with van der Waals surface area (Å²) in [5, 5.41) is 0. The normalized spacial score (nSPS) is 12.7. The molecule has 1 atom stereocenters. The first kappa shape index (κ1) is 17.7. The molecule has 1 unspecified atom stereocenters. The first-order valence-electron chi connectivity index (χ1n) is 7.32. The van der Waals surface area contributed by atoms with Crippen LogP contribution in [0.4, 0.5) is 0 Å². The fourth-order valence-electron chi connectivity index (χ4n) is 1.94. The molecule has 0 aliphatic heterocycles. The van der Waals surface area contributed by atoms with Crippen LogP contribution in [-0.4, -0.2) is 22.5 Å². The van der Waals surface area contributed by atoms with Gasteiger partial charge in [0, 0.05) is 29.2 Å². The predicted octanol–water partition coefficient (Wildman–Crippen LogP) is 5.44. The molecule has 0 heterocycles. The Hall–Kier alpha value is 0.740. The second-order valence-electron chi connectivity index (χ2n) is 5.38. The van der Waals surface area contributed by atoms with Crippen LogP contribution in [0.2, 0.25) is 0 Å². The Labute approximate surface area is 115 Å². The Kier molecular flexibility index (Phi) is 12.3. The van der Waals surface area contributed by atoms with E-state index in [2.05, 4.69) is 50.7 Å². The fourth-order valence-corrected chi connectivity index (χ4v) is 5.87. The van der Waals surface area contributed by atoms with Gasteiger partial charge in [0.2, 0.25) is 0 Å². The second kappa shape index (κ2) is 11.8. The summed E-state index contributed by atoms with van der Waals surface area (Å²) in [7, 11) is 0.441. The summed E-state index contributed by atoms with van der Waals surface area (Å²) in [5.74, 6) is 1.37. The van der Waals surface area contributed by atoms with Crippen LogP contribution in [-0.2, 0) is 0 Å². The third-order valence-corrected chi connectivity index (χ3v) is 7.00. The van der Waals surface area contributed by atoms with Crippen molar-refractivity contribution >= 4 is 19.3 Å². The lowest BCUT2D eigenvalue weighted by molar-refractivity contribution is 0.333. The SMILES string of the molecule is CCCCCCCCS[PH2+]N(C(C)C)C(C)C. The number of unbranched alkanes of at least 4 members (excludes halogenated alkanes) is 5. The average molecular weight is 278 g/mol. The molecule has 0 bridgehead atoms. The van der Waals surface area contributed by atoms with E-state index in [1.54, 1.807) is 0 Å². The van der Waals surface area contributed by atoms with Crippen LogP contribution >= 0.6 is 19.3 Å². The summed E-state index contributed by atoms with van der Waals surface area (Å²) in [6.45, 7) is 11.6. The zero-order valence-electron chi connectivity index (χ0n) is 12.5. The minimum absolute atomic E-state index is 0.441. The molecule has 0 saturated carbocycles. The van der Waals surface area contributed by atoms with Gasteiger partial charge in [-0.25, -0.2) is 0 Å². The maximum atomic E-state index is 2.65. The van der Waals surface area contributed by atoms with Crippen molar-refractivity contribution in [2.45, 2.75) is 85.2 Å². The van der Waals surface area contributed by atoms with Gasteiger partial charge >= 0.3 is 0 Å². The molecule has 0 amide bonds. The third-order valence-electron chi connectivity index (χ3n) is 3.00. The Bertz CT molecular complexity index is 154. The van der Waals surface area contributed by atoms with Gasteiger partial charge in [-0.1, -0.05) is 39.0 Å². The summed E-state index contributed by atoms with van der Waals surface area (Å²) in [5.41, 5.74) is 0. The van der Waals surface area contributed by atoms with E-state index in [4.69, 9.17) is 0 Å². The monoisotopic (exact) mass is 278 g/mol. The van der Waals surface area contributed by atoms with E-state index in [9.17, 15) is 0 Å². The minimum atomic E-state index is 0.441. The van der Waals surface area contributed by atoms with E-state index in [0.717, 1.165) is 0 Å². The first-order chi connectivity index (χ1) is 8.09. The van der Waals surface area contributed by atoms with Gasteiger partial charge in [-0.15, -0.1) is 0 Å². The van der Waals surface area contributed by atoms with Crippen molar-refractivity contribution in [1.82, 2.24) is 4.67 Å². The lowest BCUT2D eigenvalue weighted by Crippen LogP contribution is -2.28. The highest BCUT2D eigenvalue weighted by atomic mass is 32.7. The summed E-state index contributed by atoms with van der Waals surface area (Å²) in [6, 6.07) is 1.42. The van der Waals surface area contributed by atoms with Crippen LogP contribution in [0.5, 0.6) is 0 Å². The van der Waals surface area contributed by atoms with E-state index in [0.29, 0.717) is 20.0 Å². The molecular weight excluding hydrogens is 245 g/mol. The number of hydrogen-bond acceptors (Lipinski definition) is 2. The van der Waals surface area contributed by atoms with Crippen molar-refractivity contribution in [2.24, 2.45) is 0 Å². The van der Waals surface area contributed by atoms with Gasteiger partial charge in [0.15, 0.2) is 0 Å². The Morgan fingerprint density at radius 2 is 1.41 bits per heavy atom. The highest BCUT2D eigenvalue weighted by Crippen LogP contribution is 2.37. The van der Waals surface area contributed by atoms with Crippen LogP contribution in [0.15, 0.2) is 0 Å². The summed E-state index contributed by atoms with van der Waals surface area (Å²) in [6.07, 6.45) is 8.53. The van der Waals surface area contributed by atoms with Crippen LogP contribution in [0.25, 0.3) is 0 Å². The van der Waals surface area contributed by atoms with Crippen molar-refractivity contribution < 1.29 is 0 Å². The number of hydrogen-bond donors (Lipinski definition) is 0. The van der Waals surface area contributed by atoms with E-state index in [-0.39, 0.29) is 0 Å². The van der Waals surface area contributed by atoms with Crippen molar-refractivity contribution in [2.75, 3.05) is 5.75 Å². The predicted molar refractivity (Wildman–Crippen MR) is 87.7 cm³/mol. The topological polar surface area (TPSA) is 3.24 Å². The molecule has 3 heteroatoms. The Balaban J connectivity index is 3.37. The number of nitrogens with zero attached hydrogens (tertiary/aromatic N) is 1. The quantitative estimate of drug-likeness (QED) is 0.366. The van der Waals surface area contributed by atoms with Crippen molar-refractivity contribution in [3.8, 4) is 0 Å². The fraction of sp³-hybridized carbons (Fsp3) is 1.00. The van der Waals surface area contributed by atoms with Gasteiger partial charge in [-0.2, -0.15) is 4.67 Å². The van der Waals surface area contributed by atoms with Gasteiger partial charge in [-0.3, -0.25) is 0 Å². The molecule has 0 aromatic heterocycles. The molecule has 0 N–H and O–H groups in total. The van der Waals surface area contributed by atoms with Crippen molar-refractivity contribution in [3.63, 3.8) is 0 Å². The van der Waals surface area contributed by atoms with Gasteiger partial charge in [0.1, 0.15) is 7.93 Å². The van der Waals surface area contributed by atoms with Crippen LogP contribution < -0.4 is 0 Å². The van der Waals surface area contributed by atoms with E-state index in [1.807, 2.05) is 0 Å². The zero-order valence-corrected chi connectivity index (χ0v) is 14.5. The molecule has 0 radical (unpaired) electrons. The second-order valence-corrected chi connectivity index (χ2v) is 8.56. The summed E-state index contributed by atoms with van der Waals surface area (Å²) < 4.78 is 2.65. The van der Waals surface area contributed by atoms with Crippen molar-refractivity contribution in [1.29, 1.82) is 0 Å². The summed E-state index contributed by atoms with van der Waals surface area (Å²) in [4.78, 5) is 0. The van der Waals surface area contributed by atoms with Gasteiger partial charge in [0.25, 0.3) is 0 Å². The molecule has 0 saturated heterocycles. The smallest absolute Gasteiger partial charge is 0.117 e. The molecule has 0 spiro atoms. The molecule has 0 aliphatic carbocycles. The van der Waals surface area contributed by atoms with E-state index in [1.165, 1.54) is 44.3 Å². The maximum absolute atomic E-state index is 2.65. The van der Waals surface area contributed by atoms with Gasteiger partial charge in [-0.05, 0) is 34.1 Å². The van der Waals surface area contributed by atoms with Crippen LogP contribution in [0.3, 0.4) is 0 Å². The van der Waals surface area contributed by atoms with Crippen molar-refractivity contribution in [3.05, 3.63) is 0 Å². The zero-order chi connectivity index (χ0) is 13.1. The molecule has 0 fully saturated rings. The Morgan fingerprint density at radius 1 is 0.882 bits per heavy atom. The van der Waals surface area contributed by atoms with E-state index < -0.39 is 0 Å².